The average molecular weight is 265 g/mol. The zero-order chi connectivity index (χ0) is 14.3. The summed E-state index contributed by atoms with van der Waals surface area (Å²) in [6, 6.07) is 0.204. The van der Waals surface area contributed by atoms with E-state index in [-0.39, 0.29) is 11.9 Å². The third kappa shape index (κ3) is 5.17. The fourth-order valence-electron chi connectivity index (χ4n) is 2.55. The largest absolute Gasteiger partial charge is 0.334 e. The molecular weight excluding hydrogens is 238 g/mol. The molecule has 0 spiro atoms. The number of carbonyl (C=O) groups is 1. The van der Waals surface area contributed by atoms with E-state index in [9.17, 15) is 4.79 Å². The molecule has 2 atom stereocenters. The monoisotopic (exact) mass is 265 g/mol. The van der Waals surface area contributed by atoms with Crippen LogP contribution in [0.1, 0.15) is 19.8 Å². The summed E-state index contributed by atoms with van der Waals surface area (Å²) in [7, 11) is 0. The Labute approximate surface area is 116 Å². The van der Waals surface area contributed by atoms with E-state index in [4.69, 9.17) is 5.73 Å². The first-order chi connectivity index (χ1) is 9.08. The molecule has 1 rings (SSSR count). The number of hydrogen-bond donors (Lipinski definition) is 1. The molecule has 1 aliphatic heterocycles. The third-order valence-electron chi connectivity index (χ3n) is 3.70. The van der Waals surface area contributed by atoms with Crippen LogP contribution in [0.15, 0.2) is 25.3 Å². The molecule has 0 saturated carbocycles. The lowest BCUT2D eigenvalue weighted by Gasteiger charge is -2.35. The Hall–Kier alpha value is -1.13. The molecule has 4 nitrogen and oxygen atoms in total. The second-order valence-electron chi connectivity index (χ2n) is 5.37. The van der Waals surface area contributed by atoms with E-state index in [1.54, 1.807) is 17.1 Å². The number of nitrogens with zero attached hydrogens (tertiary/aromatic N) is 2. The minimum atomic E-state index is 0.144. The highest BCUT2D eigenvalue weighted by molar-refractivity contribution is 5.78. The van der Waals surface area contributed by atoms with Crippen LogP contribution >= 0.6 is 0 Å². The molecule has 0 radical (unpaired) electrons. The maximum atomic E-state index is 12.2. The van der Waals surface area contributed by atoms with Crippen molar-refractivity contribution in [3.8, 4) is 0 Å². The molecule has 1 saturated heterocycles. The van der Waals surface area contributed by atoms with E-state index in [0.29, 0.717) is 25.6 Å². The Morgan fingerprint density at radius 1 is 1.47 bits per heavy atom. The summed E-state index contributed by atoms with van der Waals surface area (Å²) in [5.74, 6) is 0.652. The van der Waals surface area contributed by atoms with E-state index in [2.05, 4.69) is 25.0 Å². The first-order valence-corrected chi connectivity index (χ1v) is 7.06. The Morgan fingerprint density at radius 3 is 2.63 bits per heavy atom. The highest BCUT2D eigenvalue weighted by atomic mass is 16.2. The molecule has 2 unspecified atom stereocenters. The van der Waals surface area contributed by atoms with Gasteiger partial charge < -0.3 is 10.6 Å². The molecular formula is C15H27N3O. The molecule has 0 aliphatic carbocycles. The minimum absolute atomic E-state index is 0.144. The average Bonchev–Trinajstić information content (AvgIpc) is 2.38. The van der Waals surface area contributed by atoms with Crippen LogP contribution in [0.2, 0.25) is 0 Å². The van der Waals surface area contributed by atoms with Crippen LogP contribution in [0.3, 0.4) is 0 Å². The number of rotatable bonds is 7. The fraction of sp³-hybridized carbons (Fsp3) is 0.667. The fourth-order valence-corrected chi connectivity index (χ4v) is 2.55. The summed E-state index contributed by atoms with van der Waals surface area (Å²) in [6.07, 6.45) is 5.80. The highest BCUT2D eigenvalue weighted by Crippen LogP contribution is 2.18. The van der Waals surface area contributed by atoms with Gasteiger partial charge in [0.05, 0.1) is 6.54 Å². The van der Waals surface area contributed by atoms with Gasteiger partial charge in [0.1, 0.15) is 0 Å². The first-order valence-electron chi connectivity index (χ1n) is 7.06. The van der Waals surface area contributed by atoms with Crippen molar-refractivity contribution in [2.45, 2.75) is 25.8 Å². The molecule has 0 aromatic heterocycles. The van der Waals surface area contributed by atoms with Gasteiger partial charge >= 0.3 is 0 Å². The topological polar surface area (TPSA) is 49.6 Å². The van der Waals surface area contributed by atoms with Gasteiger partial charge in [-0.05, 0) is 32.2 Å². The van der Waals surface area contributed by atoms with Gasteiger partial charge in [0.15, 0.2) is 0 Å². The summed E-state index contributed by atoms with van der Waals surface area (Å²) in [5.41, 5.74) is 5.97. The van der Waals surface area contributed by atoms with Gasteiger partial charge in [-0.15, -0.1) is 13.2 Å². The van der Waals surface area contributed by atoms with Crippen molar-refractivity contribution < 1.29 is 4.79 Å². The second kappa shape index (κ2) is 8.12. The predicted molar refractivity (Wildman–Crippen MR) is 79.8 cm³/mol. The summed E-state index contributed by atoms with van der Waals surface area (Å²) >= 11 is 0. The molecule has 0 aromatic carbocycles. The molecule has 0 aromatic rings. The molecule has 1 heterocycles. The number of amides is 1. The molecule has 19 heavy (non-hydrogen) atoms. The van der Waals surface area contributed by atoms with Crippen molar-refractivity contribution in [3.05, 3.63) is 25.3 Å². The second-order valence-corrected chi connectivity index (χ2v) is 5.37. The quantitative estimate of drug-likeness (QED) is 0.705. The van der Waals surface area contributed by atoms with Crippen molar-refractivity contribution in [1.29, 1.82) is 0 Å². The maximum absolute atomic E-state index is 12.2. The zero-order valence-corrected chi connectivity index (χ0v) is 12.1. The van der Waals surface area contributed by atoms with E-state index >= 15 is 0 Å². The third-order valence-corrected chi connectivity index (χ3v) is 3.70. The van der Waals surface area contributed by atoms with E-state index in [1.165, 1.54) is 6.42 Å². The SMILES string of the molecule is C=CCN(CC=C)C(=O)CN1CCCC(C(C)N)C1. The molecule has 1 fully saturated rings. The number of piperidine rings is 1. The van der Waals surface area contributed by atoms with Crippen LogP contribution in [0.5, 0.6) is 0 Å². The van der Waals surface area contributed by atoms with Gasteiger partial charge in [-0.2, -0.15) is 0 Å². The van der Waals surface area contributed by atoms with E-state index in [0.717, 1.165) is 19.5 Å². The summed E-state index contributed by atoms with van der Waals surface area (Å²) in [5, 5.41) is 0. The van der Waals surface area contributed by atoms with E-state index in [1.807, 2.05) is 0 Å². The van der Waals surface area contributed by atoms with Gasteiger partial charge in [-0.1, -0.05) is 12.2 Å². The van der Waals surface area contributed by atoms with Crippen LogP contribution in [-0.2, 0) is 4.79 Å². The van der Waals surface area contributed by atoms with Crippen LogP contribution in [0.25, 0.3) is 0 Å². The summed E-state index contributed by atoms with van der Waals surface area (Å²) in [6.45, 7) is 13.0. The van der Waals surface area contributed by atoms with Crippen molar-refractivity contribution in [3.63, 3.8) is 0 Å². The molecule has 1 amide bonds. The number of hydrogen-bond acceptors (Lipinski definition) is 3. The van der Waals surface area contributed by atoms with Crippen LogP contribution in [-0.4, -0.2) is 54.5 Å². The van der Waals surface area contributed by atoms with Crippen molar-refractivity contribution >= 4 is 5.91 Å². The number of likely N-dealkylation sites (tertiary alicyclic amines) is 1. The minimum Gasteiger partial charge on any atom is -0.334 e. The van der Waals surface area contributed by atoms with Gasteiger partial charge in [0, 0.05) is 25.7 Å². The number of carbonyl (C=O) groups excluding carboxylic acids is 1. The predicted octanol–water partition coefficient (Wildman–Crippen LogP) is 1.25. The van der Waals surface area contributed by atoms with Crippen molar-refractivity contribution in [2.24, 2.45) is 11.7 Å². The lowest BCUT2D eigenvalue weighted by molar-refractivity contribution is -0.131. The standard InChI is InChI=1S/C15H27N3O/c1-4-8-18(9-5-2)15(19)12-17-10-6-7-14(11-17)13(3)16/h4-5,13-14H,1-2,6-12,16H2,3H3. The molecule has 4 heteroatoms. The molecule has 108 valence electrons. The Bertz CT molecular complexity index is 305. The van der Waals surface area contributed by atoms with Crippen LogP contribution < -0.4 is 5.73 Å². The van der Waals surface area contributed by atoms with Gasteiger partial charge in [-0.25, -0.2) is 0 Å². The Kier molecular flexibility index (Phi) is 6.81. The Balaban J connectivity index is 2.49. The lowest BCUT2D eigenvalue weighted by atomic mass is 9.92. The van der Waals surface area contributed by atoms with Crippen LogP contribution in [0.4, 0.5) is 0 Å². The maximum Gasteiger partial charge on any atom is 0.237 e. The van der Waals surface area contributed by atoms with Gasteiger partial charge in [0.25, 0.3) is 0 Å². The molecule has 1 aliphatic rings. The normalized spacial score (nSPS) is 21.7. The van der Waals surface area contributed by atoms with E-state index < -0.39 is 0 Å². The lowest BCUT2D eigenvalue weighted by Crippen LogP contribution is -2.47. The van der Waals surface area contributed by atoms with Crippen molar-refractivity contribution in [2.75, 3.05) is 32.7 Å². The smallest absolute Gasteiger partial charge is 0.237 e. The van der Waals surface area contributed by atoms with Gasteiger partial charge in [0.2, 0.25) is 5.91 Å². The summed E-state index contributed by atoms with van der Waals surface area (Å²) in [4.78, 5) is 16.2. The molecule has 2 N–H and O–H groups in total. The first kappa shape index (κ1) is 15.9. The zero-order valence-electron chi connectivity index (χ0n) is 12.1. The molecule has 0 bridgehead atoms. The van der Waals surface area contributed by atoms with Crippen LogP contribution in [0, 0.1) is 5.92 Å². The van der Waals surface area contributed by atoms with Gasteiger partial charge in [-0.3, -0.25) is 9.69 Å². The summed E-state index contributed by atoms with van der Waals surface area (Å²) < 4.78 is 0. The van der Waals surface area contributed by atoms with Crippen molar-refractivity contribution in [1.82, 2.24) is 9.80 Å². The number of nitrogens with two attached hydrogens (primary N) is 1. The Morgan fingerprint density at radius 2 is 2.11 bits per heavy atom. The highest BCUT2D eigenvalue weighted by Gasteiger charge is 2.25.